The maximum absolute atomic E-state index is 2.32. The van der Waals surface area contributed by atoms with E-state index in [1.807, 2.05) is 11.8 Å². The van der Waals surface area contributed by atoms with E-state index >= 15 is 0 Å². The first-order chi connectivity index (χ1) is 5.34. The molecule has 0 N–H and O–H groups in total. The van der Waals surface area contributed by atoms with Crippen molar-refractivity contribution in [2.24, 2.45) is 5.92 Å². The molecule has 1 heteroatoms. The van der Waals surface area contributed by atoms with E-state index in [9.17, 15) is 0 Å². The number of thioether (sulfide) groups is 1. The Bertz CT molecular complexity index is 132. The highest BCUT2D eigenvalue weighted by Gasteiger charge is 2.13. The summed E-state index contributed by atoms with van der Waals surface area (Å²) in [4.78, 5) is 0. The van der Waals surface area contributed by atoms with E-state index in [2.05, 4.69) is 18.6 Å². The van der Waals surface area contributed by atoms with Crippen LogP contribution < -0.4 is 0 Å². The molecule has 64 valence electrons. The zero-order valence-corrected chi connectivity index (χ0v) is 8.41. The lowest BCUT2D eigenvalue weighted by molar-refractivity contribution is 0.403. The summed E-state index contributed by atoms with van der Waals surface area (Å²) in [5, 5.41) is 2.32. The number of hydrogen-bond acceptors (Lipinski definition) is 1. The Morgan fingerprint density at radius 1 is 1.27 bits per heavy atom. The SMILES string of the molecule is CS/C=C(\C)C1CCCCC1. The van der Waals surface area contributed by atoms with Crippen molar-refractivity contribution in [3.63, 3.8) is 0 Å². The van der Waals surface area contributed by atoms with Crippen LogP contribution in [0.1, 0.15) is 39.0 Å². The van der Waals surface area contributed by atoms with Crippen LogP contribution in [0, 0.1) is 5.92 Å². The molecule has 0 atom stereocenters. The minimum Gasteiger partial charge on any atom is -0.138 e. The molecule has 1 saturated carbocycles. The minimum atomic E-state index is 0.913. The predicted octanol–water partition coefficient (Wildman–Crippen LogP) is 3.83. The molecule has 0 aromatic rings. The zero-order chi connectivity index (χ0) is 8.10. The van der Waals surface area contributed by atoms with Gasteiger partial charge in [0.1, 0.15) is 0 Å². The Morgan fingerprint density at radius 2 is 1.91 bits per heavy atom. The third kappa shape index (κ3) is 2.90. The summed E-state index contributed by atoms with van der Waals surface area (Å²) >= 11 is 1.84. The van der Waals surface area contributed by atoms with Crippen LogP contribution in [0.15, 0.2) is 11.0 Å². The van der Waals surface area contributed by atoms with E-state index in [0.717, 1.165) is 5.92 Å². The van der Waals surface area contributed by atoms with Crippen LogP contribution in [0.3, 0.4) is 0 Å². The quantitative estimate of drug-likeness (QED) is 0.607. The molecule has 0 spiro atoms. The van der Waals surface area contributed by atoms with Crippen LogP contribution >= 0.6 is 11.8 Å². The second kappa shape index (κ2) is 4.87. The largest absolute Gasteiger partial charge is 0.138 e. The van der Waals surface area contributed by atoms with Gasteiger partial charge < -0.3 is 0 Å². The normalized spacial score (nSPS) is 22.2. The predicted molar refractivity (Wildman–Crippen MR) is 53.8 cm³/mol. The maximum Gasteiger partial charge on any atom is -0.0142 e. The third-order valence-corrected chi connectivity index (χ3v) is 3.16. The molecule has 0 bridgehead atoms. The van der Waals surface area contributed by atoms with Gasteiger partial charge in [0.25, 0.3) is 0 Å². The Labute approximate surface area is 74.5 Å². The van der Waals surface area contributed by atoms with Crippen molar-refractivity contribution in [1.82, 2.24) is 0 Å². The maximum atomic E-state index is 2.32. The molecule has 11 heavy (non-hydrogen) atoms. The van der Waals surface area contributed by atoms with Crippen molar-refractivity contribution in [3.05, 3.63) is 11.0 Å². The van der Waals surface area contributed by atoms with E-state index in [1.54, 1.807) is 5.57 Å². The number of allylic oxidation sites excluding steroid dienone is 1. The van der Waals surface area contributed by atoms with Gasteiger partial charge in [-0.25, -0.2) is 0 Å². The molecule has 0 unspecified atom stereocenters. The summed E-state index contributed by atoms with van der Waals surface area (Å²) in [5.74, 6) is 0.913. The smallest absolute Gasteiger partial charge is 0.0142 e. The zero-order valence-electron chi connectivity index (χ0n) is 7.60. The summed E-state index contributed by atoms with van der Waals surface area (Å²) in [5.41, 5.74) is 1.61. The van der Waals surface area contributed by atoms with Gasteiger partial charge in [0, 0.05) is 0 Å². The van der Waals surface area contributed by atoms with Gasteiger partial charge in [-0.3, -0.25) is 0 Å². The van der Waals surface area contributed by atoms with E-state index in [0.29, 0.717) is 0 Å². The molecule has 0 aliphatic heterocycles. The summed E-state index contributed by atoms with van der Waals surface area (Å²) < 4.78 is 0. The molecule has 0 amide bonds. The average molecular weight is 170 g/mol. The van der Waals surface area contributed by atoms with Crippen molar-refractivity contribution in [1.29, 1.82) is 0 Å². The fraction of sp³-hybridized carbons (Fsp3) is 0.800. The summed E-state index contributed by atoms with van der Waals surface area (Å²) in [7, 11) is 0. The highest BCUT2D eigenvalue weighted by atomic mass is 32.2. The van der Waals surface area contributed by atoms with Gasteiger partial charge in [-0.1, -0.05) is 24.8 Å². The standard InChI is InChI=1S/C10H18S/c1-9(8-11-2)10-6-4-3-5-7-10/h8,10H,3-7H2,1-2H3/b9-8+. The molecule has 0 aromatic carbocycles. The molecule has 0 nitrogen and oxygen atoms in total. The van der Waals surface area contributed by atoms with Gasteiger partial charge in [-0.05, 0) is 37.3 Å². The number of hydrogen-bond donors (Lipinski definition) is 0. The summed E-state index contributed by atoms with van der Waals surface area (Å²) in [6, 6.07) is 0. The Kier molecular flexibility index (Phi) is 4.06. The fourth-order valence-electron chi connectivity index (χ4n) is 1.84. The lowest BCUT2D eigenvalue weighted by Gasteiger charge is -2.21. The van der Waals surface area contributed by atoms with E-state index in [4.69, 9.17) is 0 Å². The van der Waals surface area contributed by atoms with Crippen LogP contribution in [0.25, 0.3) is 0 Å². The topological polar surface area (TPSA) is 0 Å². The van der Waals surface area contributed by atoms with Gasteiger partial charge in [0.05, 0.1) is 0 Å². The fourth-order valence-corrected chi connectivity index (χ4v) is 2.40. The van der Waals surface area contributed by atoms with Gasteiger partial charge in [-0.15, -0.1) is 11.8 Å². The molecule has 1 aliphatic carbocycles. The second-order valence-electron chi connectivity index (χ2n) is 3.43. The lowest BCUT2D eigenvalue weighted by Crippen LogP contribution is -2.06. The summed E-state index contributed by atoms with van der Waals surface area (Å²) in [6.07, 6.45) is 9.37. The molecule has 0 aromatic heterocycles. The number of rotatable bonds is 2. The van der Waals surface area contributed by atoms with E-state index < -0.39 is 0 Å². The van der Waals surface area contributed by atoms with E-state index in [-0.39, 0.29) is 0 Å². The average Bonchev–Trinajstić information content (AvgIpc) is 2.07. The third-order valence-electron chi connectivity index (χ3n) is 2.55. The highest BCUT2D eigenvalue weighted by molar-refractivity contribution is 8.01. The lowest BCUT2D eigenvalue weighted by atomic mass is 9.85. The molecular weight excluding hydrogens is 152 g/mol. The molecular formula is C10H18S. The van der Waals surface area contributed by atoms with Crippen LogP contribution in [0.5, 0.6) is 0 Å². The van der Waals surface area contributed by atoms with Crippen molar-refractivity contribution >= 4 is 11.8 Å². The Hall–Kier alpha value is 0.0900. The molecule has 0 heterocycles. The molecule has 0 radical (unpaired) electrons. The molecule has 1 rings (SSSR count). The van der Waals surface area contributed by atoms with Crippen molar-refractivity contribution in [2.45, 2.75) is 39.0 Å². The van der Waals surface area contributed by atoms with Gasteiger partial charge >= 0.3 is 0 Å². The van der Waals surface area contributed by atoms with Crippen molar-refractivity contribution in [2.75, 3.05) is 6.26 Å². The monoisotopic (exact) mass is 170 g/mol. The Morgan fingerprint density at radius 3 is 2.45 bits per heavy atom. The van der Waals surface area contributed by atoms with Crippen molar-refractivity contribution in [3.8, 4) is 0 Å². The molecule has 0 saturated heterocycles. The first-order valence-corrected chi connectivity index (χ1v) is 5.83. The minimum absolute atomic E-state index is 0.913. The highest BCUT2D eigenvalue weighted by Crippen LogP contribution is 2.30. The van der Waals surface area contributed by atoms with Gasteiger partial charge in [0.15, 0.2) is 0 Å². The van der Waals surface area contributed by atoms with E-state index in [1.165, 1.54) is 32.1 Å². The van der Waals surface area contributed by atoms with Crippen LogP contribution in [0.4, 0.5) is 0 Å². The van der Waals surface area contributed by atoms with Gasteiger partial charge in [-0.2, -0.15) is 0 Å². The first kappa shape index (κ1) is 9.18. The molecule has 1 fully saturated rings. The van der Waals surface area contributed by atoms with Gasteiger partial charge in [0.2, 0.25) is 0 Å². The molecule has 1 aliphatic rings. The van der Waals surface area contributed by atoms with Crippen LogP contribution in [-0.4, -0.2) is 6.26 Å². The summed E-state index contributed by atoms with van der Waals surface area (Å²) in [6.45, 7) is 2.28. The first-order valence-electron chi connectivity index (χ1n) is 4.54. The van der Waals surface area contributed by atoms with Crippen molar-refractivity contribution < 1.29 is 0 Å². The van der Waals surface area contributed by atoms with Crippen LogP contribution in [-0.2, 0) is 0 Å². The second-order valence-corrected chi connectivity index (χ2v) is 4.14. The Balaban J connectivity index is 2.38. The van der Waals surface area contributed by atoms with Crippen LogP contribution in [0.2, 0.25) is 0 Å².